The van der Waals surface area contributed by atoms with Gasteiger partial charge in [-0.2, -0.15) is 0 Å². The summed E-state index contributed by atoms with van der Waals surface area (Å²) in [6.07, 6.45) is 0. The summed E-state index contributed by atoms with van der Waals surface area (Å²) >= 11 is 0. The number of methoxy groups -OCH3 is 3. The molecule has 1 heterocycles. The molecule has 0 unspecified atom stereocenters. The van der Waals surface area contributed by atoms with Gasteiger partial charge in [-0.3, -0.25) is 4.79 Å². The quantitative estimate of drug-likeness (QED) is 0.332. The lowest BCUT2D eigenvalue weighted by atomic mass is 10.1. The largest absolute Gasteiger partial charge is 0.493 e. The average molecular weight is 455 g/mol. The molecule has 1 aromatic heterocycles. The third-order valence-corrected chi connectivity index (χ3v) is 4.99. The molecule has 3 rings (SSSR count). The fourth-order valence-corrected chi connectivity index (χ4v) is 3.08. The zero-order valence-electron chi connectivity index (χ0n) is 19.1. The lowest BCUT2D eigenvalue weighted by molar-refractivity contribution is 0.0474. The summed E-state index contributed by atoms with van der Waals surface area (Å²) in [6.45, 7) is 3.44. The summed E-state index contributed by atoms with van der Waals surface area (Å²) in [6, 6.07) is 9.35. The van der Waals surface area contributed by atoms with E-state index in [-0.39, 0.29) is 18.0 Å². The number of hydrogen-bond donors (Lipinski definition) is 0. The van der Waals surface area contributed by atoms with E-state index in [9.17, 15) is 9.59 Å². The van der Waals surface area contributed by atoms with Gasteiger partial charge in [-0.05, 0) is 50.2 Å². The number of ether oxygens (including phenoxy) is 5. The highest BCUT2D eigenvalue weighted by atomic mass is 16.5. The van der Waals surface area contributed by atoms with Gasteiger partial charge in [0.2, 0.25) is 0 Å². The molecule has 0 N–H and O–H groups in total. The maximum atomic E-state index is 12.5. The second-order valence-electron chi connectivity index (χ2n) is 7.03. The van der Waals surface area contributed by atoms with Crippen LogP contribution < -0.4 is 18.9 Å². The normalized spacial score (nSPS) is 10.5. The minimum absolute atomic E-state index is 0.219. The number of rotatable bonds is 10. The van der Waals surface area contributed by atoms with E-state index in [0.717, 1.165) is 11.3 Å². The zero-order valence-corrected chi connectivity index (χ0v) is 19.1. The molecule has 0 spiro atoms. The number of nitrogens with zero attached hydrogens (tertiary/aromatic N) is 1. The average Bonchev–Trinajstić information content (AvgIpc) is 3.17. The highest BCUT2D eigenvalue weighted by Gasteiger charge is 2.17. The smallest absolute Gasteiger partial charge is 0.338 e. The topological polar surface area (TPSA) is 106 Å². The number of ketones is 1. The molecule has 33 heavy (non-hydrogen) atoms. The molecule has 0 saturated carbocycles. The van der Waals surface area contributed by atoms with Crippen LogP contribution in [0.25, 0.3) is 0 Å². The van der Waals surface area contributed by atoms with Gasteiger partial charge >= 0.3 is 5.97 Å². The molecule has 0 aliphatic heterocycles. The molecular formula is C24H25NO8. The number of hydrogen-bond acceptors (Lipinski definition) is 9. The summed E-state index contributed by atoms with van der Waals surface area (Å²) in [7, 11) is 4.44. The van der Waals surface area contributed by atoms with Crippen LogP contribution in [0.5, 0.6) is 23.0 Å². The van der Waals surface area contributed by atoms with Crippen molar-refractivity contribution in [3.8, 4) is 23.0 Å². The molecule has 9 nitrogen and oxygen atoms in total. The van der Waals surface area contributed by atoms with E-state index in [2.05, 4.69) is 5.16 Å². The van der Waals surface area contributed by atoms with E-state index in [1.165, 1.54) is 39.5 Å². The fraction of sp³-hybridized carbons (Fsp3) is 0.292. The molecular weight excluding hydrogens is 430 g/mol. The summed E-state index contributed by atoms with van der Waals surface area (Å²) in [5.41, 5.74) is 2.14. The van der Waals surface area contributed by atoms with Crippen LogP contribution >= 0.6 is 0 Å². The lowest BCUT2D eigenvalue weighted by Gasteiger charge is -2.12. The van der Waals surface area contributed by atoms with Gasteiger partial charge in [0.25, 0.3) is 0 Å². The van der Waals surface area contributed by atoms with Crippen LogP contribution in [0.1, 0.15) is 37.7 Å². The Balaban J connectivity index is 1.64. The van der Waals surface area contributed by atoms with Gasteiger partial charge in [0.15, 0.2) is 35.4 Å². The van der Waals surface area contributed by atoms with Crippen molar-refractivity contribution in [2.24, 2.45) is 0 Å². The summed E-state index contributed by atoms with van der Waals surface area (Å²) in [4.78, 5) is 24.9. The molecule has 174 valence electrons. The van der Waals surface area contributed by atoms with Gasteiger partial charge in [0.1, 0.15) is 12.4 Å². The Labute approximate surface area is 191 Å². The number of carbonyl (C=O) groups excluding carboxylic acids is 2. The van der Waals surface area contributed by atoms with E-state index in [0.29, 0.717) is 34.3 Å². The van der Waals surface area contributed by atoms with Crippen LogP contribution in [0, 0.1) is 13.8 Å². The first-order chi connectivity index (χ1) is 15.9. The minimum atomic E-state index is -0.667. The maximum Gasteiger partial charge on any atom is 0.338 e. The van der Waals surface area contributed by atoms with Crippen molar-refractivity contribution >= 4 is 11.8 Å². The Morgan fingerprint density at radius 1 is 0.848 bits per heavy atom. The van der Waals surface area contributed by atoms with Crippen LogP contribution in [0.4, 0.5) is 0 Å². The Kier molecular flexibility index (Phi) is 7.55. The lowest BCUT2D eigenvalue weighted by Crippen LogP contribution is -2.14. The Bertz CT molecular complexity index is 1130. The molecule has 0 saturated heterocycles. The second kappa shape index (κ2) is 10.5. The van der Waals surface area contributed by atoms with Gasteiger partial charge in [-0.25, -0.2) is 4.79 Å². The van der Waals surface area contributed by atoms with E-state index < -0.39 is 12.6 Å². The van der Waals surface area contributed by atoms with Crippen molar-refractivity contribution in [3.05, 3.63) is 64.5 Å². The fourth-order valence-electron chi connectivity index (χ4n) is 3.08. The predicted octanol–water partition coefficient (Wildman–Crippen LogP) is 3.94. The Morgan fingerprint density at radius 2 is 1.45 bits per heavy atom. The highest BCUT2D eigenvalue weighted by molar-refractivity contribution is 6.00. The van der Waals surface area contributed by atoms with Crippen molar-refractivity contribution < 1.29 is 37.8 Å². The molecule has 9 heteroatoms. The standard InChI is InChI=1S/C24H25NO8/c1-14-18(15(2)33-25-14)12-31-21-9-7-17(11-23(21)30-5)24(27)32-13-19(26)16-6-8-20(28-3)22(10-16)29-4/h6-11H,12-13H2,1-5H3. The summed E-state index contributed by atoms with van der Waals surface area (Å²) < 4.78 is 31.8. The van der Waals surface area contributed by atoms with Gasteiger partial charge in [0, 0.05) is 5.56 Å². The second-order valence-corrected chi connectivity index (χ2v) is 7.03. The Morgan fingerprint density at radius 3 is 2.09 bits per heavy atom. The molecule has 0 fully saturated rings. The molecule has 0 bridgehead atoms. The number of carbonyl (C=O) groups is 2. The number of aryl methyl sites for hydroxylation is 2. The molecule has 0 aliphatic carbocycles. The number of aromatic nitrogens is 1. The van der Waals surface area contributed by atoms with Crippen LogP contribution in [0.2, 0.25) is 0 Å². The van der Waals surface area contributed by atoms with Crippen LogP contribution in [-0.2, 0) is 11.3 Å². The van der Waals surface area contributed by atoms with Crippen molar-refractivity contribution in [2.75, 3.05) is 27.9 Å². The van der Waals surface area contributed by atoms with Crippen LogP contribution in [0.15, 0.2) is 40.9 Å². The van der Waals surface area contributed by atoms with E-state index in [4.69, 9.17) is 28.2 Å². The van der Waals surface area contributed by atoms with Crippen LogP contribution in [-0.4, -0.2) is 44.8 Å². The van der Waals surface area contributed by atoms with Gasteiger partial charge in [-0.15, -0.1) is 0 Å². The predicted molar refractivity (Wildman–Crippen MR) is 117 cm³/mol. The number of Topliss-reactive ketones (excluding diaryl/α,β-unsaturated/α-hetero) is 1. The third-order valence-electron chi connectivity index (χ3n) is 4.99. The number of esters is 1. The molecule has 0 amide bonds. The first-order valence-corrected chi connectivity index (χ1v) is 10.0. The number of benzene rings is 2. The SMILES string of the molecule is COc1ccc(C(=O)COC(=O)c2ccc(OCc3c(C)noc3C)c(OC)c2)cc1OC. The first kappa shape index (κ1) is 23.6. The van der Waals surface area contributed by atoms with Crippen molar-refractivity contribution in [1.82, 2.24) is 5.16 Å². The third kappa shape index (κ3) is 5.43. The van der Waals surface area contributed by atoms with Crippen molar-refractivity contribution in [1.29, 1.82) is 0 Å². The summed E-state index contributed by atoms with van der Waals surface area (Å²) in [5, 5.41) is 3.89. The highest BCUT2D eigenvalue weighted by Crippen LogP contribution is 2.30. The molecule has 2 aromatic carbocycles. The van der Waals surface area contributed by atoms with E-state index in [1.54, 1.807) is 25.1 Å². The van der Waals surface area contributed by atoms with Gasteiger partial charge in [-0.1, -0.05) is 5.16 Å². The monoisotopic (exact) mass is 455 g/mol. The van der Waals surface area contributed by atoms with Gasteiger partial charge in [0.05, 0.1) is 38.2 Å². The summed E-state index contributed by atoms with van der Waals surface area (Å²) in [5.74, 6) is 1.32. The maximum absolute atomic E-state index is 12.5. The molecule has 0 aliphatic rings. The van der Waals surface area contributed by atoms with Gasteiger partial charge < -0.3 is 28.2 Å². The Hall–Kier alpha value is -4.01. The minimum Gasteiger partial charge on any atom is -0.493 e. The van der Waals surface area contributed by atoms with Crippen molar-refractivity contribution in [2.45, 2.75) is 20.5 Å². The molecule has 0 atom stereocenters. The van der Waals surface area contributed by atoms with E-state index >= 15 is 0 Å². The molecule has 3 aromatic rings. The zero-order chi connectivity index (χ0) is 24.0. The molecule has 0 radical (unpaired) electrons. The van der Waals surface area contributed by atoms with Crippen molar-refractivity contribution in [3.63, 3.8) is 0 Å². The van der Waals surface area contributed by atoms with E-state index in [1.807, 2.05) is 6.92 Å². The first-order valence-electron chi connectivity index (χ1n) is 10.0. The van der Waals surface area contributed by atoms with Crippen LogP contribution in [0.3, 0.4) is 0 Å².